The van der Waals surface area contributed by atoms with E-state index in [1.54, 1.807) is 6.92 Å². The van der Waals surface area contributed by atoms with E-state index in [4.69, 9.17) is 16.2 Å². The van der Waals surface area contributed by atoms with Crippen molar-refractivity contribution in [3.05, 3.63) is 0 Å². The highest BCUT2D eigenvalue weighted by atomic mass is 16.5. The normalized spacial score (nSPS) is 15.1. The van der Waals surface area contributed by atoms with Crippen molar-refractivity contribution < 1.29 is 9.53 Å². The molecule has 4 N–H and O–H groups in total. The van der Waals surface area contributed by atoms with E-state index in [1.807, 2.05) is 6.92 Å². The Morgan fingerprint density at radius 3 is 2.44 bits per heavy atom. The molecule has 1 unspecified atom stereocenters. The van der Waals surface area contributed by atoms with Crippen LogP contribution in [-0.2, 0) is 9.53 Å². The van der Waals surface area contributed by atoms with Gasteiger partial charge in [0.25, 0.3) is 0 Å². The van der Waals surface area contributed by atoms with Crippen LogP contribution in [0.5, 0.6) is 0 Å². The third-order valence-electron chi connectivity index (χ3n) is 2.71. The molecule has 1 atom stereocenters. The molecule has 0 aromatic heterocycles. The van der Waals surface area contributed by atoms with Gasteiger partial charge in [0, 0.05) is 19.7 Å². The van der Waals surface area contributed by atoms with Crippen molar-refractivity contribution in [2.24, 2.45) is 11.5 Å². The molecule has 5 heteroatoms. The summed E-state index contributed by atoms with van der Waals surface area (Å²) >= 11 is 0. The number of ether oxygens (including phenoxy) is 1. The molecule has 0 spiro atoms. The third kappa shape index (κ3) is 6.05. The summed E-state index contributed by atoms with van der Waals surface area (Å²) in [6, 6.07) is 0. The SMILES string of the molecule is CCOCCN(CC)CCC(C)(N)C(N)=O. The second-order valence-corrected chi connectivity index (χ2v) is 4.16. The highest BCUT2D eigenvalue weighted by molar-refractivity contribution is 5.83. The number of primary amides is 1. The highest BCUT2D eigenvalue weighted by Gasteiger charge is 2.25. The van der Waals surface area contributed by atoms with Gasteiger partial charge in [0.15, 0.2) is 0 Å². The lowest BCUT2D eigenvalue weighted by Gasteiger charge is -2.26. The van der Waals surface area contributed by atoms with Crippen LogP contribution in [0, 0.1) is 0 Å². The Kier molecular flexibility index (Phi) is 7.29. The number of carbonyl (C=O) groups is 1. The number of nitrogens with two attached hydrogens (primary N) is 2. The Morgan fingerprint density at radius 2 is 2.00 bits per heavy atom. The van der Waals surface area contributed by atoms with Crippen LogP contribution < -0.4 is 11.5 Å². The summed E-state index contributed by atoms with van der Waals surface area (Å²) in [6.07, 6.45) is 0.572. The van der Waals surface area contributed by atoms with Crippen molar-refractivity contribution in [1.82, 2.24) is 4.90 Å². The Labute approximate surface area is 98.1 Å². The first kappa shape index (κ1) is 15.3. The molecule has 0 aliphatic carbocycles. The number of likely N-dealkylation sites (N-methyl/N-ethyl adjacent to an activating group) is 1. The summed E-state index contributed by atoms with van der Waals surface area (Å²) in [5.41, 5.74) is 10.1. The summed E-state index contributed by atoms with van der Waals surface area (Å²) in [4.78, 5) is 13.2. The molecule has 0 aliphatic rings. The molecule has 0 aromatic rings. The van der Waals surface area contributed by atoms with Gasteiger partial charge in [0.1, 0.15) is 0 Å². The monoisotopic (exact) mass is 231 g/mol. The molecule has 0 bridgehead atoms. The second kappa shape index (κ2) is 7.60. The van der Waals surface area contributed by atoms with Gasteiger partial charge in [-0.2, -0.15) is 0 Å². The zero-order valence-corrected chi connectivity index (χ0v) is 10.7. The zero-order valence-electron chi connectivity index (χ0n) is 10.7. The predicted molar refractivity (Wildman–Crippen MR) is 65.0 cm³/mol. The first-order chi connectivity index (χ1) is 7.44. The Hall–Kier alpha value is -0.650. The van der Waals surface area contributed by atoms with Gasteiger partial charge in [0.05, 0.1) is 12.1 Å². The van der Waals surface area contributed by atoms with Crippen LogP contribution in [0.25, 0.3) is 0 Å². The van der Waals surface area contributed by atoms with E-state index in [2.05, 4.69) is 11.8 Å². The van der Waals surface area contributed by atoms with E-state index in [0.717, 1.165) is 26.2 Å². The van der Waals surface area contributed by atoms with Crippen molar-refractivity contribution in [3.8, 4) is 0 Å². The maximum atomic E-state index is 11.0. The van der Waals surface area contributed by atoms with Gasteiger partial charge < -0.3 is 21.1 Å². The smallest absolute Gasteiger partial charge is 0.237 e. The first-order valence-corrected chi connectivity index (χ1v) is 5.83. The maximum Gasteiger partial charge on any atom is 0.237 e. The molecule has 5 nitrogen and oxygen atoms in total. The van der Waals surface area contributed by atoms with Crippen LogP contribution in [-0.4, -0.2) is 49.2 Å². The molecule has 16 heavy (non-hydrogen) atoms. The summed E-state index contributed by atoms with van der Waals surface area (Å²) in [5, 5.41) is 0. The molecule has 0 rings (SSSR count). The van der Waals surface area contributed by atoms with Crippen molar-refractivity contribution in [3.63, 3.8) is 0 Å². The lowest BCUT2D eigenvalue weighted by atomic mass is 9.98. The van der Waals surface area contributed by atoms with Crippen LogP contribution in [0.15, 0.2) is 0 Å². The molecular formula is C11H25N3O2. The van der Waals surface area contributed by atoms with E-state index in [0.29, 0.717) is 13.0 Å². The molecular weight excluding hydrogens is 206 g/mol. The van der Waals surface area contributed by atoms with Crippen LogP contribution in [0.2, 0.25) is 0 Å². The van der Waals surface area contributed by atoms with Crippen LogP contribution in [0.1, 0.15) is 27.2 Å². The fourth-order valence-corrected chi connectivity index (χ4v) is 1.28. The lowest BCUT2D eigenvalue weighted by molar-refractivity contribution is -0.122. The summed E-state index contributed by atoms with van der Waals surface area (Å²) in [7, 11) is 0. The molecule has 0 saturated carbocycles. The molecule has 96 valence electrons. The number of amides is 1. The molecule has 0 heterocycles. The van der Waals surface area contributed by atoms with Gasteiger partial charge in [-0.25, -0.2) is 0 Å². The number of rotatable bonds is 9. The predicted octanol–water partition coefficient (Wildman–Crippen LogP) is -0.0624. The van der Waals surface area contributed by atoms with E-state index < -0.39 is 11.4 Å². The van der Waals surface area contributed by atoms with Gasteiger partial charge >= 0.3 is 0 Å². The average Bonchev–Trinajstić information content (AvgIpc) is 2.23. The minimum absolute atomic E-state index is 0.451. The molecule has 0 fully saturated rings. The van der Waals surface area contributed by atoms with Crippen molar-refractivity contribution in [1.29, 1.82) is 0 Å². The minimum atomic E-state index is -0.918. The number of carbonyl (C=O) groups excluding carboxylic acids is 1. The topological polar surface area (TPSA) is 81.6 Å². The van der Waals surface area contributed by atoms with Crippen molar-refractivity contribution in [2.45, 2.75) is 32.7 Å². The molecule has 1 amide bonds. The summed E-state index contributed by atoms with van der Waals surface area (Å²) < 4.78 is 5.28. The van der Waals surface area contributed by atoms with E-state index in [9.17, 15) is 4.79 Å². The highest BCUT2D eigenvalue weighted by Crippen LogP contribution is 2.06. The van der Waals surface area contributed by atoms with Crippen molar-refractivity contribution in [2.75, 3.05) is 32.8 Å². The van der Waals surface area contributed by atoms with Gasteiger partial charge in [0.2, 0.25) is 5.91 Å². The molecule has 0 saturated heterocycles. The van der Waals surface area contributed by atoms with Crippen LogP contribution >= 0.6 is 0 Å². The fourth-order valence-electron chi connectivity index (χ4n) is 1.28. The van der Waals surface area contributed by atoms with Gasteiger partial charge in [-0.05, 0) is 26.8 Å². The standard InChI is InChI=1S/C11H25N3O2/c1-4-14(8-9-16-5-2)7-6-11(3,13)10(12)15/h4-9,13H2,1-3H3,(H2,12,15). The number of hydrogen-bond acceptors (Lipinski definition) is 4. The molecule has 0 radical (unpaired) electrons. The zero-order chi connectivity index (χ0) is 12.6. The number of nitrogens with zero attached hydrogens (tertiary/aromatic N) is 1. The molecule has 0 aromatic carbocycles. The fraction of sp³-hybridized carbons (Fsp3) is 0.909. The van der Waals surface area contributed by atoms with E-state index >= 15 is 0 Å². The maximum absolute atomic E-state index is 11.0. The third-order valence-corrected chi connectivity index (χ3v) is 2.71. The van der Waals surface area contributed by atoms with E-state index in [-0.39, 0.29) is 0 Å². The van der Waals surface area contributed by atoms with Crippen LogP contribution in [0.3, 0.4) is 0 Å². The van der Waals surface area contributed by atoms with Crippen molar-refractivity contribution >= 4 is 5.91 Å². The quantitative estimate of drug-likeness (QED) is 0.545. The Bertz CT molecular complexity index is 207. The Morgan fingerprint density at radius 1 is 1.38 bits per heavy atom. The van der Waals surface area contributed by atoms with E-state index in [1.165, 1.54) is 0 Å². The van der Waals surface area contributed by atoms with Gasteiger partial charge in [-0.15, -0.1) is 0 Å². The summed E-state index contributed by atoms with van der Waals surface area (Å²) in [6.45, 7) is 9.70. The minimum Gasteiger partial charge on any atom is -0.380 e. The number of hydrogen-bond donors (Lipinski definition) is 2. The Balaban J connectivity index is 3.90. The largest absolute Gasteiger partial charge is 0.380 e. The van der Waals surface area contributed by atoms with Crippen LogP contribution in [0.4, 0.5) is 0 Å². The second-order valence-electron chi connectivity index (χ2n) is 4.16. The summed E-state index contributed by atoms with van der Waals surface area (Å²) in [5.74, 6) is -0.451. The molecule has 0 aliphatic heterocycles. The first-order valence-electron chi connectivity index (χ1n) is 5.83. The van der Waals surface area contributed by atoms with Gasteiger partial charge in [-0.3, -0.25) is 4.79 Å². The lowest BCUT2D eigenvalue weighted by Crippen LogP contribution is -2.51. The van der Waals surface area contributed by atoms with Gasteiger partial charge in [-0.1, -0.05) is 6.92 Å². The average molecular weight is 231 g/mol.